The molecule has 8 nitrogen and oxygen atoms in total. The van der Waals surface area contributed by atoms with Gasteiger partial charge >= 0.3 is 0 Å². The number of furan rings is 1. The standard InChI is InChI=1S/C35H35NO7/c1-4-5-18-42-29-17-14-25(20-30(29)40-3)32-31(34(38)35(39)36(32)21-28-11-8-19-41-28)33(37)24-12-15-27(16-13-24)43-22-26-10-7-6-9-23(26)2/h6-17,19-20,32,37H,4-5,18,21-22H2,1-3H3/b33-31+. The summed E-state index contributed by atoms with van der Waals surface area (Å²) in [7, 11) is 1.54. The molecule has 3 aromatic carbocycles. The number of methoxy groups -OCH3 is 1. The predicted molar refractivity (Wildman–Crippen MR) is 162 cm³/mol. The predicted octanol–water partition coefficient (Wildman–Crippen LogP) is 6.98. The van der Waals surface area contributed by atoms with E-state index in [-0.39, 0.29) is 17.9 Å². The molecule has 5 rings (SSSR count). The third-order valence-corrected chi connectivity index (χ3v) is 7.49. The Morgan fingerprint density at radius 1 is 0.953 bits per heavy atom. The minimum Gasteiger partial charge on any atom is -0.507 e. The van der Waals surface area contributed by atoms with E-state index in [2.05, 4.69) is 6.92 Å². The minimum atomic E-state index is -0.888. The second kappa shape index (κ2) is 13.3. The van der Waals surface area contributed by atoms with E-state index in [1.54, 1.807) is 54.6 Å². The molecule has 1 aliphatic heterocycles. The highest BCUT2D eigenvalue weighted by molar-refractivity contribution is 6.46. The zero-order chi connectivity index (χ0) is 30.3. The lowest BCUT2D eigenvalue weighted by atomic mass is 9.95. The maximum atomic E-state index is 13.5. The smallest absolute Gasteiger partial charge is 0.296 e. The van der Waals surface area contributed by atoms with Gasteiger partial charge in [0.25, 0.3) is 11.7 Å². The molecular formula is C35H35NO7. The number of aliphatic hydroxyl groups is 1. The van der Waals surface area contributed by atoms with Crippen LogP contribution in [0.1, 0.15) is 53.8 Å². The van der Waals surface area contributed by atoms with Crippen LogP contribution in [-0.2, 0) is 22.7 Å². The molecule has 0 radical (unpaired) electrons. The van der Waals surface area contributed by atoms with Crippen molar-refractivity contribution >= 4 is 17.4 Å². The van der Waals surface area contributed by atoms with Gasteiger partial charge in [-0.05, 0) is 78.6 Å². The van der Waals surface area contributed by atoms with E-state index in [4.69, 9.17) is 18.6 Å². The Morgan fingerprint density at radius 3 is 2.44 bits per heavy atom. The molecule has 2 heterocycles. The van der Waals surface area contributed by atoms with Crippen molar-refractivity contribution in [3.8, 4) is 17.2 Å². The van der Waals surface area contributed by atoms with E-state index >= 15 is 0 Å². The van der Waals surface area contributed by atoms with Crippen LogP contribution in [0.4, 0.5) is 0 Å². The van der Waals surface area contributed by atoms with Crippen molar-refractivity contribution in [3.05, 3.63) is 119 Å². The van der Waals surface area contributed by atoms with Crippen molar-refractivity contribution in [2.24, 2.45) is 0 Å². The van der Waals surface area contributed by atoms with Gasteiger partial charge in [-0.1, -0.05) is 43.7 Å². The van der Waals surface area contributed by atoms with Crippen molar-refractivity contribution in [2.45, 2.75) is 45.9 Å². The summed E-state index contributed by atoms with van der Waals surface area (Å²) in [5, 5.41) is 11.5. The second-order valence-electron chi connectivity index (χ2n) is 10.4. The van der Waals surface area contributed by atoms with Crippen molar-refractivity contribution in [2.75, 3.05) is 13.7 Å². The third-order valence-electron chi connectivity index (χ3n) is 7.49. The number of amides is 1. The maximum Gasteiger partial charge on any atom is 0.296 e. The number of carbonyl (C=O) groups is 2. The summed E-state index contributed by atoms with van der Waals surface area (Å²) in [5.41, 5.74) is 3.16. The highest BCUT2D eigenvalue weighted by Crippen LogP contribution is 2.43. The highest BCUT2D eigenvalue weighted by atomic mass is 16.5. The molecule has 222 valence electrons. The molecule has 1 aromatic heterocycles. The summed E-state index contributed by atoms with van der Waals surface area (Å²) in [4.78, 5) is 28.3. The fourth-order valence-corrected chi connectivity index (χ4v) is 5.06. The van der Waals surface area contributed by atoms with Crippen LogP contribution in [-0.4, -0.2) is 35.4 Å². The number of aryl methyl sites for hydroxylation is 1. The van der Waals surface area contributed by atoms with E-state index in [9.17, 15) is 14.7 Å². The van der Waals surface area contributed by atoms with Gasteiger partial charge in [0.05, 0.1) is 38.1 Å². The van der Waals surface area contributed by atoms with Gasteiger partial charge < -0.3 is 28.6 Å². The summed E-state index contributed by atoms with van der Waals surface area (Å²) in [6, 6.07) is 22.6. The van der Waals surface area contributed by atoms with E-state index < -0.39 is 17.7 Å². The van der Waals surface area contributed by atoms with Gasteiger partial charge in [0.2, 0.25) is 0 Å². The summed E-state index contributed by atoms with van der Waals surface area (Å²) in [5.74, 6) is 0.348. The normalized spacial score (nSPS) is 16.0. The lowest BCUT2D eigenvalue weighted by Crippen LogP contribution is -2.29. The lowest BCUT2D eigenvalue weighted by molar-refractivity contribution is -0.140. The molecule has 0 aliphatic carbocycles. The lowest BCUT2D eigenvalue weighted by Gasteiger charge is -2.25. The summed E-state index contributed by atoms with van der Waals surface area (Å²) < 4.78 is 22.9. The number of Topliss-reactive ketones (excluding diaryl/α,β-unsaturated/α-hetero) is 1. The molecule has 43 heavy (non-hydrogen) atoms. The number of rotatable bonds is 12. The molecule has 1 amide bonds. The maximum absolute atomic E-state index is 13.5. The first-order valence-electron chi connectivity index (χ1n) is 14.3. The summed E-state index contributed by atoms with van der Waals surface area (Å²) >= 11 is 0. The van der Waals surface area contributed by atoms with Gasteiger partial charge in [0.1, 0.15) is 23.9 Å². The summed E-state index contributed by atoms with van der Waals surface area (Å²) in [6.07, 6.45) is 3.39. The Bertz CT molecular complexity index is 1610. The van der Waals surface area contributed by atoms with E-state index in [1.807, 2.05) is 31.2 Å². The largest absolute Gasteiger partial charge is 0.507 e. The number of carbonyl (C=O) groups excluding carboxylic acids is 2. The van der Waals surface area contributed by atoms with Crippen LogP contribution < -0.4 is 14.2 Å². The molecule has 1 aliphatic rings. The minimum absolute atomic E-state index is 0.0214. The van der Waals surface area contributed by atoms with Crippen molar-refractivity contribution < 1.29 is 33.3 Å². The van der Waals surface area contributed by atoms with Crippen molar-refractivity contribution in [1.29, 1.82) is 0 Å². The monoisotopic (exact) mass is 581 g/mol. The molecule has 0 bridgehead atoms. The van der Waals surface area contributed by atoms with Crippen molar-refractivity contribution in [3.63, 3.8) is 0 Å². The highest BCUT2D eigenvalue weighted by Gasteiger charge is 2.46. The molecule has 0 saturated carbocycles. The van der Waals surface area contributed by atoms with Gasteiger partial charge in [-0.2, -0.15) is 0 Å². The average molecular weight is 582 g/mol. The Kier molecular flexibility index (Phi) is 9.15. The number of nitrogens with zero attached hydrogens (tertiary/aromatic N) is 1. The first-order valence-corrected chi connectivity index (χ1v) is 14.3. The average Bonchev–Trinajstić information content (AvgIpc) is 3.63. The van der Waals surface area contributed by atoms with Gasteiger partial charge in [-0.15, -0.1) is 0 Å². The van der Waals surface area contributed by atoms with E-state index in [0.29, 0.717) is 47.3 Å². The van der Waals surface area contributed by atoms with Crippen LogP contribution in [0.25, 0.3) is 5.76 Å². The molecule has 1 atom stereocenters. The van der Waals surface area contributed by atoms with Crippen LogP contribution in [0.2, 0.25) is 0 Å². The van der Waals surface area contributed by atoms with Crippen LogP contribution in [0.3, 0.4) is 0 Å². The second-order valence-corrected chi connectivity index (χ2v) is 10.4. The topological polar surface area (TPSA) is 98.4 Å². The Balaban J connectivity index is 1.49. The van der Waals surface area contributed by atoms with Crippen molar-refractivity contribution in [1.82, 2.24) is 4.90 Å². The molecule has 1 unspecified atom stereocenters. The van der Waals surface area contributed by atoms with Crippen LogP contribution >= 0.6 is 0 Å². The molecule has 0 spiro atoms. The number of likely N-dealkylation sites (tertiary alicyclic amines) is 1. The number of aliphatic hydroxyl groups excluding tert-OH is 1. The first kappa shape index (κ1) is 29.5. The van der Waals surface area contributed by atoms with Crippen LogP contribution in [0.5, 0.6) is 17.2 Å². The third kappa shape index (κ3) is 6.43. The zero-order valence-corrected chi connectivity index (χ0v) is 24.5. The molecule has 1 fully saturated rings. The van der Waals surface area contributed by atoms with Gasteiger partial charge in [-0.3, -0.25) is 9.59 Å². The molecular weight excluding hydrogens is 546 g/mol. The molecule has 1 N–H and O–H groups in total. The number of benzene rings is 3. The molecule has 4 aromatic rings. The zero-order valence-electron chi connectivity index (χ0n) is 24.5. The Labute approximate surface area is 251 Å². The van der Waals surface area contributed by atoms with Crippen LogP contribution in [0, 0.1) is 6.92 Å². The fourth-order valence-electron chi connectivity index (χ4n) is 5.06. The quantitative estimate of drug-likeness (QED) is 0.0834. The number of unbranched alkanes of at least 4 members (excludes halogenated alkanes) is 1. The Hall–Kier alpha value is -4.98. The number of hydrogen-bond donors (Lipinski definition) is 1. The summed E-state index contributed by atoms with van der Waals surface area (Å²) in [6.45, 7) is 5.09. The number of ether oxygens (including phenoxy) is 3. The van der Waals surface area contributed by atoms with E-state index in [0.717, 1.165) is 24.0 Å². The first-order chi connectivity index (χ1) is 20.9. The molecule has 8 heteroatoms. The van der Waals surface area contributed by atoms with Gasteiger partial charge in [0, 0.05) is 5.56 Å². The van der Waals surface area contributed by atoms with Crippen LogP contribution in [0.15, 0.2) is 95.1 Å². The number of ketones is 1. The molecule has 1 saturated heterocycles. The number of hydrogen-bond acceptors (Lipinski definition) is 7. The fraction of sp³-hybridized carbons (Fsp3) is 0.257. The SMILES string of the molecule is CCCCOc1ccc(C2/C(=C(\O)c3ccc(OCc4ccccc4C)cc3)C(=O)C(=O)N2Cc2ccco2)cc1OC. The van der Waals surface area contributed by atoms with E-state index in [1.165, 1.54) is 18.3 Å². The van der Waals surface area contributed by atoms with Gasteiger partial charge in [-0.25, -0.2) is 0 Å². The Morgan fingerprint density at radius 2 is 1.74 bits per heavy atom. The van der Waals surface area contributed by atoms with Gasteiger partial charge in [0.15, 0.2) is 11.5 Å².